The molecule has 4 N–H and O–H groups in total. The number of hydrogen-bond donors (Lipinski definition) is 4. The zero-order valence-electron chi connectivity index (χ0n) is 40.1. The number of H-pyrrole nitrogens is 2. The number of aromatic nitrogens is 5. The second-order valence-electron chi connectivity index (χ2n) is 20.4. The third-order valence-corrected chi connectivity index (χ3v) is 16.3. The van der Waals surface area contributed by atoms with E-state index in [0.29, 0.717) is 24.2 Å². The summed E-state index contributed by atoms with van der Waals surface area (Å²) in [4.78, 5) is 81.4. The lowest BCUT2D eigenvalue weighted by atomic mass is 9.92. The molecule has 2 saturated heterocycles. The summed E-state index contributed by atoms with van der Waals surface area (Å²) in [6.07, 6.45) is 10.5. The average molecular weight is 957 g/mol. The van der Waals surface area contributed by atoms with Crippen LogP contribution in [0.5, 0.6) is 5.75 Å². The first-order chi connectivity index (χ1) is 33.3. The predicted octanol–water partition coefficient (Wildman–Crippen LogP) is 8.39. The van der Waals surface area contributed by atoms with Crippen LogP contribution in [0.25, 0.3) is 22.5 Å². The fourth-order valence-corrected chi connectivity index (χ4v) is 12.4. The molecular weight excluding hydrogens is 897 g/mol. The number of ether oxygens (including phenoxy) is 3. The predicted molar refractivity (Wildman–Crippen MR) is 257 cm³/mol. The van der Waals surface area contributed by atoms with Gasteiger partial charge in [0.2, 0.25) is 18.0 Å². The number of rotatable bonds is 12. The fraction of sp³-hybridized carbons (Fsp3) is 0.510. The maximum absolute atomic E-state index is 14.1. The third kappa shape index (κ3) is 8.07. The number of benzene rings is 2. The fourth-order valence-electron chi connectivity index (χ4n) is 11.3. The van der Waals surface area contributed by atoms with Crippen molar-refractivity contribution >= 4 is 41.0 Å². The number of alkyl carbamates (subject to hydrolysis) is 2. The zero-order valence-corrected chi connectivity index (χ0v) is 40.9. The number of methoxy groups -OCH3 is 2. The van der Waals surface area contributed by atoms with Gasteiger partial charge in [-0.05, 0) is 111 Å². The molecule has 2 saturated carbocycles. The van der Waals surface area contributed by atoms with Gasteiger partial charge >= 0.3 is 12.2 Å². The van der Waals surface area contributed by atoms with Gasteiger partial charge in [0.1, 0.15) is 29.5 Å². The Hall–Kier alpha value is -6.43. The molecule has 0 radical (unpaired) electrons. The molecule has 4 aliphatic heterocycles. The number of imidazole rings is 2. The minimum atomic E-state index is -0.717. The number of nitrogens with zero attached hydrogens (tertiary/aromatic N) is 6. The van der Waals surface area contributed by atoms with E-state index >= 15 is 0 Å². The number of nitrogens with one attached hydrogen (secondary N) is 4. The highest BCUT2D eigenvalue weighted by atomic mass is 32.1. The largest absolute Gasteiger partial charge is 0.465 e. The molecule has 0 spiro atoms. The standard InChI is InChI=1S/C51H60N10O7S/c1-24(2)42(57-50(64)66-6)47(62)59-14-8-9-35(59)44-52-22-33(56-44)29-15-26(5)41-37-18-30-16-28(12-13-34(30)61(37)49(68-39(41)20-29)40-23-54-46(69-40)27-10-11-27)32-21-53-45(55-32)38-19-31-17-36(31)60(38)48(63)43(25(3)4)58-51(65)67-7/h12-13,15-16,20-25,27,31,35-38,42-43,49H,8-11,14,17-19H2,1-7H3,(H,52,56)(H,53,55)(H,57,64)(H,58,65)/t31-,35+,36-,37?,38+,42+,43+,49?/m1/s1. The van der Waals surface area contributed by atoms with Crippen LogP contribution in [0.15, 0.2) is 48.9 Å². The Labute approximate surface area is 405 Å². The van der Waals surface area contributed by atoms with Crippen LogP contribution in [-0.4, -0.2) is 97.6 Å². The topological polar surface area (TPSA) is 200 Å². The van der Waals surface area contributed by atoms with Gasteiger partial charge in [-0.1, -0.05) is 33.8 Å². The van der Waals surface area contributed by atoms with Crippen molar-refractivity contribution in [3.05, 3.63) is 87.1 Å². The van der Waals surface area contributed by atoms with E-state index in [9.17, 15) is 19.2 Å². The Morgan fingerprint density at radius 3 is 2.16 bits per heavy atom. The molecule has 2 aliphatic carbocycles. The molecule has 8 atom stereocenters. The lowest BCUT2D eigenvalue weighted by Gasteiger charge is -2.41. The van der Waals surface area contributed by atoms with Gasteiger partial charge in [-0.25, -0.2) is 24.5 Å². The minimum Gasteiger partial charge on any atom is -0.465 e. The summed E-state index contributed by atoms with van der Waals surface area (Å²) in [6, 6.07) is 9.17. The number of piperidine rings is 1. The van der Waals surface area contributed by atoms with Crippen molar-refractivity contribution in [1.29, 1.82) is 0 Å². The summed E-state index contributed by atoms with van der Waals surface area (Å²) >= 11 is 1.74. The second-order valence-corrected chi connectivity index (χ2v) is 21.4. The van der Waals surface area contributed by atoms with Gasteiger partial charge in [-0.2, -0.15) is 0 Å². The number of hydrogen-bond acceptors (Lipinski definition) is 12. The minimum absolute atomic E-state index is 0.00188. The SMILES string of the molecule is COC(=O)N[C@H](C(=O)N1CCC[C@H]1c1ncc(-c2cc(C)c3c(c2)OC(c2cnc(C4CC4)s2)N2c4ccc(-c5cnc([C@@H]6C[C@H]7C[C@H]7N6C(=O)[C@@H](NC(=O)OC)C(C)C)[nH]5)cc4CC32)[nH]1)C(C)C. The number of anilines is 1. The van der Waals surface area contributed by atoms with Crippen molar-refractivity contribution in [3.63, 3.8) is 0 Å². The van der Waals surface area contributed by atoms with Crippen LogP contribution in [0, 0.1) is 24.7 Å². The highest BCUT2D eigenvalue weighted by Crippen LogP contribution is 2.56. The molecule has 2 unspecified atom stereocenters. The Bertz CT molecular complexity index is 2830. The number of aromatic amines is 2. The molecule has 5 aromatic rings. The van der Waals surface area contributed by atoms with Crippen LogP contribution in [0.4, 0.5) is 15.3 Å². The molecule has 3 aromatic heterocycles. The molecule has 17 nitrogen and oxygen atoms in total. The number of fused-ring (bicyclic) bond motifs is 6. The van der Waals surface area contributed by atoms with Gasteiger partial charge in [0, 0.05) is 41.5 Å². The summed E-state index contributed by atoms with van der Waals surface area (Å²) in [5.41, 5.74) is 8.22. The first-order valence-electron chi connectivity index (χ1n) is 24.4. The Kier molecular flexibility index (Phi) is 11.4. The molecule has 6 aliphatic rings. The van der Waals surface area contributed by atoms with Crippen LogP contribution < -0.4 is 20.3 Å². The van der Waals surface area contributed by atoms with E-state index in [1.807, 2.05) is 56.1 Å². The van der Waals surface area contributed by atoms with Crippen molar-refractivity contribution in [2.75, 3.05) is 25.7 Å². The molecular formula is C51H60N10O7S. The van der Waals surface area contributed by atoms with Gasteiger partial charge in [0.25, 0.3) is 0 Å². The Balaban J connectivity index is 0.877. The van der Waals surface area contributed by atoms with E-state index < -0.39 is 30.5 Å². The van der Waals surface area contributed by atoms with Gasteiger partial charge in [0.05, 0.1) is 66.0 Å². The number of thiazole rings is 1. The van der Waals surface area contributed by atoms with Crippen LogP contribution in [0.1, 0.15) is 135 Å². The average Bonchev–Trinajstić information content (AvgIpc) is 3.81. The third-order valence-electron chi connectivity index (χ3n) is 15.1. The lowest BCUT2D eigenvalue weighted by Crippen LogP contribution is -2.52. The monoisotopic (exact) mass is 956 g/mol. The van der Waals surface area contributed by atoms with Crippen molar-refractivity contribution in [2.24, 2.45) is 17.8 Å². The van der Waals surface area contributed by atoms with E-state index in [2.05, 4.69) is 62.8 Å². The van der Waals surface area contributed by atoms with Crippen molar-refractivity contribution < 1.29 is 33.4 Å². The highest BCUT2D eigenvalue weighted by Gasteiger charge is 2.56. The van der Waals surface area contributed by atoms with Crippen LogP contribution in [0.3, 0.4) is 0 Å². The van der Waals surface area contributed by atoms with Gasteiger partial charge in [0.15, 0.2) is 0 Å². The molecule has 69 heavy (non-hydrogen) atoms. The number of amides is 4. The van der Waals surface area contributed by atoms with E-state index in [0.717, 1.165) is 92.9 Å². The molecule has 4 amide bonds. The molecule has 7 heterocycles. The molecule has 362 valence electrons. The number of carbonyl (C=O) groups is 4. The molecule has 0 bridgehead atoms. The van der Waals surface area contributed by atoms with Crippen LogP contribution in [0.2, 0.25) is 0 Å². The first-order valence-corrected chi connectivity index (χ1v) is 25.2. The number of likely N-dealkylation sites (tertiary alicyclic amines) is 2. The molecule has 4 fully saturated rings. The van der Waals surface area contributed by atoms with Crippen molar-refractivity contribution in [3.8, 4) is 28.3 Å². The maximum Gasteiger partial charge on any atom is 0.407 e. The Morgan fingerprint density at radius 1 is 0.797 bits per heavy atom. The maximum atomic E-state index is 14.1. The Morgan fingerprint density at radius 2 is 1.48 bits per heavy atom. The van der Waals surface area contributed by atoms with Gasteiger partial charge in [-0.3, -0.25) is 9.59 Å². The van der Waals surface area contributed by atoms with E-state index in [-0.39, 0.29) is 47.8 Å². The number of carbonyl (C=O) groups excluding carboxylic acids is 4. The molecule has 11 rings (SSSR count). The second kappa shape index (κ2) is 17.5. The van der Waals surface area contributed by atoms with Crippen molar-refractivity contribution in [2.45, 2.75) is 128 Å². The smallest absolute Gasteiger partial charge is 0.407 e. The van der Waals surface area contributed by atoms with Crippen LogP contribution >= 0.6 is 11.3 Å². The summed E-state index contributed by atoms with van der Waals surface area (Å²) in [5, 5.41) is 6.67. The van der Waals surface area contributed by atoms with E-state index in [1.54, 1.807) is 11.3 Å². The summed E-state index contributed by atoms with van der Waals surface area (Å²) < 4.78 is 16.8. The van der Waals surface area contributed by atoms with Gasteiger partial charge < -0.3 is 49.5 Å². The highest BCUT2D eigenvalue weighted by molar-refractivity contribution is 7.11. The molecule has 18 heteroatoms. The van der Waals surface area contributed by atoms with E-state index in [1.165, 1.54) is 32.6 Å². The summed E-state index contributed by atoms with van der Waals surface area (Å²) in [5.74, 6) is 2.72. The summed E-state index contributed by atoms with van der Waals surface area (Å²) in [7, 11) is 2.61. The van der Waals surface area contributed by atoms with E-state index in [4.69, 9.17) is 29.2 Å². The zero-order chi connectivity index (χ0) is 48.0. The van der Waals surface area contributed by atoms with Gasteiger partial charge in [-0.15, -0.1) is 11.3 Å². The lowest BCUT2D eigenvalue weighted by molar-refractivity contribution is -0.137. The normalized spacial score (nSPS) is 24.0. The summed E-state index contributed by atoms with van der Waals surface area (Å²) in [6.45, 7) is 10.4. The van der Waals surface area contributed by atoms with Crippen LogP contribution in [-0.2, 0) is 25.5 Å². The van der Waals surface area contributed by atoms with Crippen molar-refractivity contribution in [1.82, 2.24) is 45.4 Å². The first kappa shape index (κ1) is 45.0. The molecule has 2 aromatic carbocycles. The quantitative estimate of drug-likeness (QED) is 0.0936. The number of aryl methyl sites for hydroxylation is 1.